The smallest absolute Gasteiger partial charge is 0.318 e. The molecule has 0 saturated carbocycles. The maximum Gasteiger partial charge on any atom is 0.318 e. The molecule has 2 aromatic rings. The number of rotatable bonds is 4. The first-order valence-corrected chi connectivity index (χ1v) is 9.63. The molecule has 0 N–H and O–H groups in total. The Morgan fingerprint density at radius 1 is 0.923 bits per heavy atom. The second-order valence-corrected chi connectivity index (χ2v) is 8.43. The van der Waals surface area contributed by atoms with E-state index in [1.54, 1.807) is 24.3 Å². The molecule has 3 nitrogen and oxygen atoms in total. The standard InChI is InChI=1S/C21H24Cl2NO2/c1-24(2)13-11-19(12-14-24)26-21(25)20(15-3-7-17(22)8-4-15)16-5-9-18(23)10-6-16/h3-10,19-20H,11-14H2,1-2H3/q+1. The molecule has 1 fully saturated rings. The van der Waals surface area contributed by atoms with Crippen LogP contribution >= 0.6 is 23.2 Å². The highest BCUT2D eigenvalue weighted by molar-refractivity contribution is 6.30. The summed E-state index contributed by atoms with van der Waals surface area (Å²) in [6, 6.07) is 14.7. The molecule has 0 aromatic heterocycles. The lowest BCUT2D eigenvalue weighted by atomic mass is 9.91. The number of quaternary nitrogens is 1. The van der Waals surface area contributed by atoms with Crippen molar-refractivity contribution in [3.8, 4) is 0 Å². The number of nitrogens with zero attached hydrogens (tertiary/aromatic N) is 1. The van der Waals surface area contributed by atoms with Crippen LogP contribution in [-0.2, 0) is 9.53 Å². The molecule has 1 heterocycles. The van der Waals surface area contributed by atoms with Crippen molar-refractivity contribution >= 4 is 29.2 Å². The van der Waals surface area contributed by atoms with Gasteiger partial charge < -0.3 is 9.22 Å². The Morgan fingerprint density at radius 3 is 1.77 bits per heavy atom. The molecule has 0 radical (unpaired) electrons. The molecule has 0 unspecified atom stereocenters. The average molecular weight is 393 g/mol. The van der Waals surface area contributed by atoms with Crippen LogP contribution in [0.2, 0.25) is 10.0 Å². The predicted octanol–water partition coefficient (Wildman–Crippen LogP) is 4.91. The van der Waals surface area contributed by atoms with Gasteiger partial charge in [-0.05, 0) is 35.4 Å². The Kier molecular flexibility index (Phi) is 5.91. The van der Waals surface area contributed by atoms with Crippen molar-refractivity contribution < 1.29 is 14.0 Å². The molecule has 1 aliphatic rings. The molecule has 0 aliphatic carbocycles. The van der Waals surface area contributed by atoms with Crippen LogP contribution in [0.25, 0.3) is 0 Å². The Balaban J connectivity index is 1.82. The third-order valence-corrected chi connectivity index (χ3v) is 5.54. The van der Waals surface area contributed by atoms with Crippen LogP contribution in [0.4, 0.5) is 0 Å². The van der Waals surface area contributed by atoms with E-state index >= 15 is 0 Å². The maximum atomic E-state index is 13.1. The quantitative estimate of drug-likeness (QED) is 0.545. The van der Waals surface area contributed by atoms with Gasteiger partial charge in [-0.25, -0.2) is 0 Å². The van der Waals surface area contributed by atoms with Gasteiger partial charge in [0.05, 0.1) is 27.2 Å². The highest BCUT2D eigenvalue weighted by Crippen LogP contribution is 2.30. The number of halogens is 2. The SMILES string of the molecule is C[N+]1(C)CCC(OC(=O)C(c2ccc(Cl)cc2)c2ccc(Cl)cc2)CC1. The Labute approximate surface area is 165 Å². The summed E-state index contributed by atoms with van der Waals surface area (Å²) >= 11 is 12.0. The minimum Gasteiger partial charge on any atom is -0.461 e. The van der Waals surface area contributed by atoms with Gasteiger partial charge in [0.25, 0.3) is 0 Å². The van der Waals surface area contributed by atoms with Crippen LogP contribution < -0.4 is 0 Å². The summed E-state index contributed by atoms with van der Waals surface area (Å²) in [6.45, 7) is 2.04. The van der Waals surface area contributed by atoms with Gasteiger partial charge >= 0.3 is 5.97 Å². The van der Waals surface area contributed by atoms with E-state index in [0.29, 0.717) is 10.0 Å². The number of carbonyl (C=O) groups excluding carboxylic acids is 1. The summed E-state index contributed by atoms with van der Waals surface area (Å²) in [4.78, 5) is 13.1. The third-order valence-electron chi connectivity index (χ3n) is 5.04. The number of likely N-dealkylation sites (tertiary alicyclic amines) is 1. The van der Waals surface area contributed by atoms with Crippen LogP contribution in [0.3, 0.4) is 0 Å². The number of carbonyl (C=O) groups is 1. The summed E-state index contributed by atoms with van der Waals surface area (Å²) < 4.78 is 6.88. The second-order valence-electron chi connectivity index (χ2n) is 7.56. The zero-order chi connectivity index (χ0) is 18.7. The monoisotopic (exact) mass is 392 g/mol. The number of benzene rings is 2. The lowest BCUT2D eigenvalue weighted by Gasteiger charge is -2.37. The number of esters is 1. The minimum atomic E-state index is -0.478. The first-order valence-electron chi connectivity index (χ1n) is 8.87. The van der Waals surface area contributed by atoms with E-state index in [1.807, 2.05) is 24.3 Å². The topological polar surface area (TPSA) is 26.3 Å². The van der Waals surface area contributed by atoms with Crippen molar-refractivity contribution in [3.63, 3.8) is 0 Å². The van der Waals surface area contributed by atoms with Gasteiger partial charge in [0.1, 0.15) is 12.0 Å². The summed E-state index contributed by atoms with van der Waals surface area (Å²) in [5.41, 5.74) is 1.74. The van der Waals surface area contributed by atoms with Gasteiger partial charge in [-0.1, -0.05) is 47.5 Å². The van der Waals surface area contributed by atoms with Gasteiger partial charge in [0, 0.05) is 22.9 Å². The van der Waals surface area contributed by atoms with Crippen molar-refractivity contribution in [1.82, 2.24) is 0 Å². The van der Waals surface area contributed by atoms with Crippen LogP contribution in [0, 0.1) is 0 Å². The lowest BCUT2D eigenvalue weighted by molar-refractivity contribution is -0.896. The molecule has 5 heteroatoms. The molecule has 1 aliphatic heterocycles. The van der Waals surface area contributed by atoms with Crippen molar-refractivity contribution in [2.75, 3.05) is 27.2 Å². The zero-order valence-electron chi connectivity index (χ0n) is 15.1. The third kappa shape index (κ3) is 4.79. The number of hydrogen-bond acceptors (Lipinski definition) is 2. The normalized spacial score (nSPS) is 17.3. The number of piperidine rings is 1. The average Bonchev–Trinajstić information content (AvgIpc) is 2.60. The first kappa shape index (κ1) is 19.2. The van der Waals surface area contributed by atoms with E-state index < -0.39 is 5.92 Å². The van der Waals surface area contributed by atoms with Crippen molar-refractivity contribution in [2.24, 2.45) is 0 Å². The molecular formula is C21H24Cl2NO2+. The predicted molar refractivity (Wildman–Crippen MR) is 106 cm³/mol. The fraction of sp³-hybridized carbons (Fsp3) is 0.381. The van der Waals surface area contributed by atoms with Crippen molar-refractivity contribution in [1.29, 1.82) is 0 Å². The fourth-order valence-electron chi connectivity index (χ4n) is 3.37. The largest absolute Gasteiger partial charge is 0.461 e. The number of hydrogen-bond donors (Lipinski definition) is 0. The van der Waals surface area contributed by atoms with Gasteiger partial charge in [0.2, 0.25) is 0 Å². The lowest BCUT2D eigenvalue weighted by Crippen LogP contribution is -2.48. The summed E-state index contributed by atoms with van der Waals surface area (Å²) in [7, 11) is 4.42. The van der Waals surface area contributed by atoms with E-state index in [1.165, 1.54) is 0 Å². The molecule has 0 atom stereocenters. The summed E-state index contributed by atoms with van der Waals surface area (Å²) in [5.74, 6) is -0.694. The van der Waals surface area contributed by atoms with Crippen LogP contribution in [0.15, 0.2) is 48.5 Å². The highest BCUT2D eigenvalue weighted by Gasteiger charge is 2.32. The Morgan fingerprint density at radius 2 is 1.35 bits per heavy atom. The molecule has 3 rings (SSSR count). The van der Waals surface area contributed by atoms with Crippen LogP contribution in [0.5, 0.6) is 0 Å². The number of ether oxygens (including phenoxy) is 1. The first-order chi connectivity index (χ1) is 12.3. The van der Waals surface area contributed by atoms with Gasteiger partial charge in [-0.15, -0.1) is 0 Å². The molecule has 2 aromatic carbocycles. The highest BCUT2D eigenvalue weighted by atomic mass is 35.5. The van der Waals surface area contributed by atoms with E-state index in [2.05, 4.69) is 14.1 Å². The maximum absolute atomic E-state index is 13.1. The van der Waals surface area contributed by atoms with Crippen LogP contribution in [-0.4, -0.2) is 43.7 Å². The van der Waals surface area contributed by atoms with E-state index in [4.69, 9.17) is 27.9 Å². The molecule has 26 heavy (non-hydrogen) atoms. The molecule has 0 bridgehead atoms. The van der Waals surface area contributed by atoms with Crippen molar-refractivity contribution in [2.45, 2.75) is 24.9 Å². The Bertz CT molecular complexity index is 701. The van der Waals surface area contributed by atoms with E-state index in [9.17, 15) is 4.79 Å². The Hall–Kier alpha value is -1.55. The molecule has 138 valence electrons. The van der Waals surface area contributed by atoms with Crippen LogP contribution in [0.1, 0.15) is 29.9 Å². The van der Waals surface area contributed by atoms with E-state index in [-0.39, 0.29) is 12.1 Å². The molecule has 0 spiro atoms. The molecule has 0 amide bonds. The second kappa shape index (κ2) is 7.99. The van der Waals surface area contributed by atoms with Gasteiger partial charge in [0.15, 0.2) is 0 Å². The molecular weight excluding hydrogens is 369 g/mol. The summed E-state index contributed by atoms with van der Waals surface area (Å²) in [5, 5.41) is 1.29. The fourth-order valence-corrected chi connectivity index (χ4v) is 3.62. The minimum absolute atomic E-state index is 0.0178. The summed E-state index contributed by atoms with van der Waals surface area (Å²) in [6.07, 6.45) is 1.77. The van der Waals surface area contributed by atoms with Crippen molar-refractivity contribution in [3.05, 3.63) is 69.7 Å². The zero-order valence-corrected chi connectivity index (χ0v) is 16.6. The molecule has 1 saturated heterocycles. The van der Waals surface area contributed by atoms with Gasteiger partial charge in [-0.2, -0.15) is 0 Å². The van der Waals surface area contributed by atoms with E-state index in [0.717, 1.165) is 41.5 Å². The van der Waals surface area contributed by atoms with Gasteiger partial charge in [-0.3, -0.25) is 4.79 Å².